The van der Waals surface area contributed by atoms with Crippen LogP contribution in [0.4, 0.5) is 5.69 Å². The predicted molar refractivity (Wildman–Crippen MR) is 160 cm³/mol. The van der Waals surface area contributed by atoms with Gasteiger partial charge in [-0.15, -0.1) is 0 Å². The van der Waals surface area contributed by atoms with Gasteiger partial charge < -0.3 is 29.7 Å². The minimum absolute atomic E-state index is 0.0103. The molecule has 220 valence electrons. The number of fused-ring (bicyclic) bond motifs is 2. The molecule has 2 heterocycles. The van der Waals surface area contributed by atoms with Crippen LogP contribution in [0.15, 0.2) is 72.8 Å². The molecule has 0 radical (unpaired) electrons. The fourth-order valence-corrected chi connectivity index (χ4v) is 5.81. The average molecular weight is 570 g/mol. The lowest BCUT2D eigenvalue weighted by molar-refractivity contribution is -0.129. The zero-order valence-corrected chi connectivity index (χ0v) is 24.3. The summed E-state index contributed by atoms with van der Waals surface area (Å²) in [7, 11) is 0. The van der Waals surface area contributed by atoms with Gasteiger partial charge in [-0.25, -0.2) is 0 Å². The number of ether oxygens (including phenoxy) is 3. The van der Waals surface area contributed by atoms with Crippen LogP contribution in [0.3, 0.4) is 0 Å². The van der Waals surface area contributed by atoms with Crippen LogP contribution in [-0.2, 0) is 27.4 Å². The van der Waals surface area contributed by atoms with E-state index >= 15 is 0 Å². The lowest BCUT2D eigenvalue weighted by Crippen LogP contribution is -2.55. The Morgan fingerprint density at radius 1 is 0.952 bits per heavy atom. The highest BCUT2D eigenvalue weighted by molar-refractivity contribution is 6.02. The molecule has 1 aliphatic carbocycles. The fraction of sp³-hybridized carbons (Fsp3) is 0.412. The van der Waals surface area contributed by atoms with Crippen LogP contribution in [-0.4, -0.2) is 43.8 Å². The fourth-order valence-electron chi connectivity index (χ4n) is 5.81. The van der Waals surface area contributed by atoms with Gasteiger partial charge in [-0.2, -0.15) is 0 Å². The molecule has 8 heteroatoms. The van der Waals surface area contributed by atoms with E-state index in [0.29, 0.717) is 31.3 Å². The maximum atomic E-state index is 14.5. The van der Waals surface area contributed by atoms with Gasteiger partial charge in [-0.05, 0) is 54.5 Å². The lowest BCUT2D eigenvalue weighted by atomic mass is 10.0. The Balaban J connectivity index is 1.31. The van der Waals surface area contributed by atoms with Crippen LogP contribution in [0.2, 0.25) is 0 Å². The third-order valence-corrected chi connectivity index (χ3v) is 8.27. The van der Waals surface area contributed by atoms with Crippen molar-refractivity contribution in [1.82, 2.24) is 10.6 Å². The van der Waals surface area contributed by atoms with E-state index in [1.165, 1.54) is 5.56 Å². The van der Waals surface area contributed by atoms with E-state index in [1.54, 1.807) is 0 Å². The Labute approximate surface area is 247 Å². The first-order valence-electron chi connectivity index (χ1n) is 15.0. The molecule has 3 atom stereocenters. The van der Waals surface area contributed by atoms with Crippen LogP contribution in [0.1, 0.15) is 49.4 Å². The summed E-state index contributed by atoms with van der Waals surface area (Å²) >= 11 is 0. The Bertz CT molecular complexity index is 1390. The molecule has 1 fully saturated rings. The summed E-state index contributed by atoms with van der Waals surface area (Å²) < 4.78 is 17.8. The third-order valence-electron chi connectivity index (χ3n) is 8.27. The van der Waals surface area contributed by atoms with Gasteiger partial charge in [0.1, 0.15) is 6.04 Å². The number of nitrogens with one attached hydrogen (secondary N) is 2. The second kappa shape index (κ2) is 12.5. The van der Waals surface area contributed by atoms with Gasteiger partial charge in [0.25, 0.3) is 0 Å². The van der Waals surface area contributed by atoms with Gasteiger partial charge in [0, 0.05) is 12.0 Å². The Hall–Kier alpha value is -3.88. The van der Waals surface area contributed by atoms with E-state index in [2.05, 4.69) is 22.8 Å². The van der Waals surface area contributed by atoms with Gasteiger partial charge in [0.2, 0.25) is 18.6 Å². The molecule has 2 amide bonds. The SMILES string of the molecule is CC(C)[C@H](NC(=O)C1CC1)C(=O)N1c2cc3c(cc2[C@H](NCCc2ccccc2)[C@H]1COCc1ccccc1)OCO3. The molecule has 2 aliphatic heterocycles. The van der Waals surface area contributed by atoms with Crippen molar-refractivity contribution in [3.05, 3.63) is 89.5 Å². The molecule has 8 nitrogen and oxygen atoms in total. The molecule has 3 aromatic carbocycles. The maximum Gasteiger partial charge on any atom is 0.250 e. The minimum atomic E-state index is -0.656. The van der Waals surface area contributed by atoms with E-state index in [4.69, 9.17) is 14.2 Å². The number of anilines is 1. The number of hydrogen-bond acceptors (Lipinski definition) is 6. The van der Waals surface area contributed by atoms with Crippen molar-refractivity contribution in [2.75, 3.05) is 24.8 Å². The molecule has 1 saturated carbocycles. The molecule has 0 aromatic heterocycles. The molecule has 0 bridgehead atoms. The summed E-state index contributed by atoms with van der Waals surface area (Å²) in [6, 6.07) is 23.1. The van der Waals surface area contributed by atoms with Crippen molar-refractivity contribution in [3.63, 3.8) is 0 Å². The highest BCUT2D eigenvalue weighted by atomic mass is 16.7. The van der Waals surface area contributed by atoms with Crippen molar-refractivity contribution in [3.8, 4) is 11.5 Å². The Morgan fingerprint density at radius 2 is 1.62 bits per heavy atom. The summed E-state index contributed by atoms with van der Waals surface area (Å²) in [5.74, 6) is 1.03. The van der Waals surface area contributed by atoms with Crippen LogP contribution < -0.4 is 25.0 Å². The molecule has 6 rings (SSSR count). The van der Waals surface area contributed by atoms with Crippen LogP contribution in [0, 0.1) is 11.8 Å². The smallest absolute Gasteiger partial charge is 0.250 e. The third kappa shape index (κ3) is 6.15. The first kappa shape index (κ1) is 28.2. The molecule has 2 N–H and O–H groups in total. The van der Waals surface area contributed by atoms with Gasteiger partial charge in [0.05, 0.1) is 31.0 Å². The zero-order valence-electron chi connectivity index (χ0n) is 24.3. The quantitative estimate of drug-likeness (QED) is 0.327. The Kier molecular flexibility index (Phi) is 8.44. The van der Waals surface area contributed by atoms with E-state index < -0.39 is 6.04 Å². The molecule has 3 aromatic rings. The number of hydrogen-bond donors (Lipinski definition) is 2. The van der Waals surface area contributed by atoms with E-state index in [0.717, 1.165) is 36.1 Å². The second-order valence-electron chi connectivity index (χ2n) is 11.7. The first-order chi connectivity index (χ1) is 20.5. The van der Waals surface area contributed by atoms with E-state index in [1.807, 2.05) is 79.4 Å². The number of carbonyl (C=O) groups excluding carboxylic acids is 2. The molecular formula is C34H39N3O5. The maximum absolute atomic E-state index is 14.5. The van der Waals surface area contributed by atoms with E-state index in [9.17, 15) is 9.59 Å². The van der Waals surface area contributed by atoms with Crippen molar-refractivity contribution in [1.29, 1.82) is 0 Å². The van der Waals surface area contributed by atoms with Crippen molar-refractivity contribution < 1.29 is 23.8 Å². The van der Waals surface area contributed by atoms with Crippen molar-refractivity contribution in [2.24, 2.45) is 11.8 Å². The molecule has 3 aliphatic rings. The van der Waals surface area contributed by atoms with Crippen LogP contribution in [0.25, 0.3) is 0 Å². The second-order valence-corrected chi connectivity index (χ2v) is 11.7. The van der Waals surface area contributed by atoms with Gasteiger partial charge in [0.15, 0.2) is 11.5 Å². The predicted octanol–water partition coefficient (Wildman–Crippen LogP) is 4.77. The van der Waals surface area contributed by atoms with Crippen molar-refractivity contribution >= 4 is 17.5 Å². The summed E-state index contributed by atoms with van der Waals surface area (Å²) in [6.07, 6.45) is 2.60. The molecule has 0 spiro atoms. The topological polar surface area (TPSA) is 89.1 Å². The molecule has 0 unspecified atom stereocenters. The largest absolute Gasteiger partial charge is 0.454 e. The molecule has 0 saturated heterocycles. The number of carbonyl (C=O) groups is 2. The average Bonchev–Trinajstić information content (AvgIpc) is 3.69. The number of rotatable bonds is 12. The van der Waals surface area contributed by atoms with Gasteiger partial charge >= 0.3 is 0 Å². The van der Waals surface area contributed by atoms with Crippen molar-refractivity contribution in [2.45, 2.75) is 57.8 Å². The monoisotopic (exact) mass is 569 g/mol. The van der Waals surface area contributed by atoms with E-state index in [-0.39, 0.29) is 42.5 Å². The van der Waals surface area contributed by atoms with Crippen LogP contribution in [0.5, 0.6) is 11.5 Å². The molecule has 42 heavy (non-hydrogen) atoms. The van der Waals surface area contributed by atoms with Gasteiger partial charge in [-0.3, -0.25) is 9.59 Å². The number of amides is 2. The standard InChI is InChI=1S/C34H39N3O5/c1-22(2)31(36-33(38)25-13-14-25)34(39)37-27-18-30-29(41-21-42-30)17-26(27)32(35-16-15-23-9-5-3-6-10-23)28(37)20-40-19-24-11-7-4-8-12-24/h3-12,17-18,22,25,28,31-32,35H,13-16,19-21H2,1-2H3,(H,36,38)/t28-,31+,32+/m1/s1. The first-order valence-corrected chi connectivity index (χ1v) is 15.0. The summed E-state index contributed by atoms with van der Waals surface area (Å²) in [5, 5.41) is 6.81. The minimum Gasteiger partial charge on any atom is -0.454 e. The highest BCUT2D eigenvalue weighted by Gasteiger charge is 2.46. The summed E-state index contributed by atoms with van der Waals surface area (Å²) in [6.45, 7) is 5.55. The molecular weight excluding hydrogens is 530 g/mol. The summed E-state index contributed by atoms with van der Waals surface area (Å²) in [4.78, 5) is 29.1. The lowest BCUT2D eigenvalue weighted by Gasteiger charge is -2.33. The number of nitrogens with zero attached hydrogens (tertiary/aromatic N) is 1. The van der Waals surface area contributed by atoms with Crippen LogP contribution >= 0.6 is 0 Å². The zero-order chi connectivity index (χ0) is 29.1. The van der Waals surface area contributed by atoms with Gasteiger partial charge in [-0.1, -0.05) is 74.5 Å². The Morgan fingerprint density at radius 3 is 2.29 bits per heavy atom. The summed E-state index contributed by atoms with van der Waals surface area (Å²) in [5.41, 5.74) is 4.03. The number of benzene rings is 3. The normalized spacial score (nSPS) is 19.5. The highest BCUT2D eigenvalue weighted by Crippen LogP contribution is 2.47.